The lowest BCUT2D eigenvalue weighted by atomic mass is 9.66. The van der Waals surface area contributed by atoms with Gasteiger partial charge in [0.05, 0.1) is 0 Å². The van der Waals surface area contributed by atoms with Crippen LogP contribution in [0.4, 0.5) is 0 Å². The van der Waals surface area contributed by atoms with Crippen molar-refractivity contribution in [3.05, 3.63) is 0 Å². The van der Waals surface area contributed by atoms with Crippen LogP contribution in [0, 0.1) is 11.3 Å². The summed E-state index contributed by atoms with van der Waals surface area (Å²) in [4.78, 5) is 14.6. The standard InChI is InChI=1S/C14H25N3O2/c1-2-11-5-3-9-17(10-6-11)13(18)14(7-4-8-14)12(15)16-19/h11,19H,2-10H2,1H3,(H2,15,16). The normalized spacial score (nSPS) is 27.5. The molecule has 1 atom stereocenters. The van der Waals surface area contributed by atoms with E-state index in [0.717, 1.165) is 51.1 Å². The quantitative estimate of drug-likeness (QED) is 0.355. The minimum absolute atomic E-state index is 0.0748. The highest BCUT2D eigenvalue weighted by molar-refractivity contribution is 6.07. The van der Waals surface area contributed by atoms with Gasteiger partial charge >= 0.3 is 0 Å². The average molecular weight is 267 g/mol. The number of hydrogen-bond acceptors (Lipinski definition) is 3. The van der Waals surface area contributed by atoms with Crippen LogP contribution < -0.4 is 5.73 Å². The molecule has 5 nitrogen and oxygen atoms in total. The van der Waals surface area contributed by atoms with Crippen molar-refractivity contribution in [3.63, 3.8) is 0 Å². The summed E-state index contributed by atoms with van der Waals surface area (Å²) in [5, 5.41) is 12.0. The summed E-state index contributed by atoms with van der Waals surface area (Å²) in [6, 6.07) is 0. The Bertz CT molecular complexity index is 364. The summed E-state index contributed by atoms with van der Waals surface area (Å²) in [5.41, 5.74) is 5.06. The third-order valence-electron chi connectivity index (χ3n) is 4.93. The summed E-state index contributed by atoms with van der Waals surface area (Å²) in [7, 11) is 0. The fraction of sp³-hybridized carbons (Fsp3) is 0.857. The van der Waals surface area contributed by atoms with Gasteiger partial charge in [-0.2, -0.15) is 0 Å². The largest absolute Gasteiger partial charge is 0.409 e. The minimum Gasteiger partial charge on any atom is -0.409 e. The van der Waals surface area contributed by atoms with Crippen molar-refractivity contribution >= 4 is 11.7 Å². The predicted octanol–water partition coefficient (Wildman–Crippen LogP) is 1.94. The van der Waals surface area contributed by atoms with Gasteiger partial charge in [0.15, 0.2) is 5.84 Å². The Labute approximate surface area is 114 Å². The lowest BCUT2D eigenvalue weighted by molar-refractivity contribution is -0.142. The fourth-order valence-corrected chi connectivity index (χ4v) is 3.28. The van der Waals surface area contributed by atoms with Gasteiger partial charge in [0, 0.05) is 13.1 Å². The van der Waals surface area contributed by atoms with E-state index in [2.05, 4.69) is 12.1 Å². The Morgan fingerprint density at radius 3 is 2.63 bits per heavy atom. The molecule has 1 amide bonds. The molecule has 1 saturated heterocycles. The van der Waals surface area contributed by atoms with Crippen LogP contribution in [-0.2, 0) is 4.79 Å². The molecule has 0 radical (unpaired) electrons. The second kappa shape index (κ2) is 5.80. The Balaban J connectivity index is 2.06. The first-order valence-electron chi connectivity index (χ1n) is 7.41. The van der Waals surface area contributed by atoms with Crippen molar-refractivity contribution in [2.45, 2.75) is 51.9 Å². The number of carbonyl (C=O) groups excluding carboxylic acids is 1. The molecule has 0 aromatic carbocycles. The number of nitrogens with zero attached hydrogens (tertiary/aromatic N) is 2. The van der Waals surface area contributed by atoms with Gasteiger partial charge in [-0.1, -0.05) is 24.9 Å². The van der Waals surface area contributed by atoms with Crippen LogP contribution in [0.1, 0.15) is 51.9 Å². The van der Waals surface area contributed by atoms with Crippen LogP contribution in [0.5, 0.6) is 0 Å². The van der Waals surface area contributed by atoms with E-state index in [1.54, 1.807) is 0 Å². The average Bonchev–Trinajstić information content (AvgIpc) is 2.62. The lowest BCUT2D eigenvalue weighted by Gasteiger charge is -2.42. The molecule has 0 spiro atoms. The minimum atomic E-state index is -0.708. The zero-order valence-electron chi connectivity index (χ0n) is 11.8. The molecular weight excluding hydrogens is 242 g/mol. The van der Waals surface area contributed by atoms with Crippen molar-refractivity contribution < 1.29 is 10.0 Å². The van der Waals surface area contributed by atoms with Crippen LogP contribution in [0.25, 0.3) is 0 Å². The number of rotatable bonds is 3. The van der Waals surface area contributed by atoms with Gasteiger partial charge in [-0.25, -0.2) is 0 Å². The van der Waals surface area contributed by atoms with E-state index in [1.807, 2.05) is 4.90 Å². The van der Waals surface area contributed by atoms with Crippen molar-refractivity contribution in [1.82, 2.24) is 4.90 Å². The number of amidine groups is 1. The third kappa shape index (κ3) is 2.55. The first-order chi connectivity index (χ1) is 9.14. The van der Waals surface area contributed by atoms with Gasteiger partial charge in [0.25, 0.3) is 0 Å². The first-order valence-corrected chi connectivity index (χ1v) is 7.41. The lowest BCUT2D eigenvalue weighted by Crippen LogP contribution is -2.55. The first kappa shape index (κ1) is 14.2. The Morgan fingerprint density at radius 1 is 1.37 bits per heavy atom. The molecule has 3 N–H and O–H groups in total. The monoisotopic (exact) mass is 267 g/mol. The second-order valence-corrected chi connectivity index (χ2v) is 5.92. The maximum atomic E-state index is 12.7. The number of oxime groups is 1. The Morgan fingerprint density at radius 2 is 2.11 bits per heavy atom. The molecule has 1 aliphatic carbocycles. The molecule has 1 unspecified atom stereocenters. The molecule has 0 bridgehead atoms. The number of hydrogen-bond donors (Lipinski definition) is 2. The third-order valence-corrected chi connectivity index (χ3v) is 4.93. The fourth-order valence-electron chi connectivity index (χ4n) is 3.28. The van der Waals surface area contributed by atoms with Gasteiger partial charge in [-0.3, -0.25) is 4.79 Å². The molecule has 2 rings (SSSR count). The number of nitrogens with two attached hydrogens (primary N) is 1. The highest BCUT2D eigenvalue weighted by Crippen LogP contribution is 2.43. The molecule has 0 aromatic rings. The maximum absolute atomic E-state index is 12.7. The van der Waals surface area contributed by atoms with E-state index >= 15 is 0 Å². The summed E-state index contributed by atoms with van der Waals surface area (Å²) in [6.07, 6.45) is 6.95. The SMILES string of the molecule is CCC1CCCN(C(=O)C2(C(N)=NO)CCC2)CC1. The van der Waals surface area contributed by atoms with E-state index in [9.17, 15) is 4.79 Å². The Kier molecular flexibility index (Phi) is 4.32. The summed E-state index contributed by atoms with van der Waals surface area (Å²) < 4.78 is 0. The summed E-state index contributed by atoms with van der Waals surface area (Å²) in [6.45, 7) is 3.85. The number of amides is 1. The smallest absolute Gasteiger partial charge is 0.236 e. The predicted molar refractivity (Wildman–Crippen MR) is 73.9 cm³/mol. The second-order valence-electron chi connectivity index (χ2n) is 5.92. The van der Waals surface area contributed by atoms with Crippen molar-refractivity contribution in [2.75, 3.05) is 13.1 Å². The zero-order valence-corrected chi connectivity index (χ0v) is 11.8. The molecule has 5 heteroatoms. The van der Waals surface area contributed by atoms with Gasteiger partial charge in [-0.15, -0.1) is 0 Å². The van der Waals surface area contributed by atoms with Gasteiger partial charge in [-0.05, 0) is 38.0 Å². The summed E-state index contributed by atoms with van der Waals surface area (Å²) in [5.74, 6) is 0.907. The van der Waals surface area contributed by atoms with E-state index < -0.39 is 5.41 Å². The molecule has 1 aliphatic heterocycles. The van der Waals surface area contributed by atoms with E-state index in [4.69, 9.17) is 10.9 Å². The zero-order chi connectivity index (χ0) is 13.9. The number of likely N-dealkylation sites (tertiary alicyclic amines) is 1. The van der Waals surface area contributed by atoms with Gasteiger partial charge in [0.2, 0.25) is 5.91 Å². The molecule has 2 fully saturated rings. The molecule has 0 aromatic heterocycles. The van der Waals surface area contributed by atoms with Crippen molar-refractivity contribution in [3.8, 4) is 0 Å². The molecule has 2 aliphatic rings. The molecular formula is C14H25N3O2. The topological polar surface area (TPSA) is 78.9 Å². The maximum Gasteiger partial charge on any atom is 0.236 e. The van der Waals surface area contributed by atoms with Crippen molar-refractivity contribution in [1.29, 1.82) is 0 Å². The number of carbonyl (C=O) groups is 1. The van der Waals surface area contributed by atoms with Crippen LogP contribution in [0.2, 0.25) is 0 Å². The molecule has 1 heterocycles. The van der Waals surface area contributed by atoms with Crippen LogP contribution in [-0.4, -0.2) is 34.9 Å². The molecule has 1 saturated carbocycles. The highest BCUT2D eigenvalue weighted by Gasteiger charge is 2.50. The van der Waals surface area contributed by atoms with Crippen LogP contribution in [0.3, 0.4) is 0 Å². The van der Waals surface area contributed by atoms with E-state index in [0.29, 0.717) is 0 Å². The van der Waals surface area contributed by atoms with Gasteiger partial charge in [0.1, 0.15) is 5.41 Å². The van der Waals surface area contributed by atoms with Crippen LogP contribution >= 0.6 is 0 Å². The van der Waals surface area contributed by atoms with E-state index in [1.165, 1.54) is 12.8 Å². The molecule has 108 valence electrons. The Hall–Kier alpha value is -1.26. The van der Waals surface area contributed by atoms with E-state index in [-0.39, 0.29) is 11.7 Å². The van der Waals surface area contributed by atoms with Gasteiger partial charge < -0.3 is 15.8 Å². The van der Waals surface area contributed by atoms with Crippen LogP contribution in [0.15, 0.2) is 5.16 Å². The highest BCUT2D eigenvalue weighted by atomic mass is 16.4. The van der Waals surface area contributed by atoms with Crippen molar-refractivity contribution in [2.24, 2.45) is 22.2 Å². The molecule has 19 heavy (non-hydrogen) atoms. The summed E-state index contributed by atoms with van der Waals surface area (Å²) >= 11 is 0.